The molecule has 6 heteroatoms. The highest BCUT2D eigenvalue weighted by atomic mass is 16.4. The van der Waals surface area contributed by atoms with Gasteiger partial charge in [-0.05, 0) is 31.2 Å². The molecule has 6 nitrogen and oxygen atoms in total. The summed E-state index contributed by atoms with van der Waals surface area (Å²) in [4.78, 5) is 24.6. The van der Waals surface area contributed by atoms with Gasteiger partial charge in [-0.3, -0.25) is 4.79 Å². The second-order valence-electron chi connectivity index (χ2n) is 4.14. The van der Waals surface area contributed by atoms with Crippen molar-refractivity contribution in [1.29, 1.82) is 0 Å². The highest BCUT2D eigenvalue weighted by Crippen LogP contribution is 2.26. The second kappa shape index (κ2) is 5.48. The van der Waals surface area contributed by atoms with Crippen LogP contribution in [0.4, 0.5) is 11.4 Å². The van der Waals surface area contributed by atoms with Gasteiger partial charge in [-0.25, -0.2) is 4.79 Å². The Morgan fingerprint density at radius 3 is 2.55 bits per heavy atom. The van der Waals surface area contributed by atoms with Crippen molar-refractivity contribution in [2.75, 3.05) is 17.2 Å². The molecule has 0 radical (unpaired) electrons. The summed E-state index contributed by atoms with van der Waals surface area (Å²) in [6.07, 6.45) is 2.77. The number of hydrogen-bond acceptors (Lipinski definition) is 4. The molecule has 2 aromatic rings. The van der Waals surface area contributed by atoms with Gasteiger partial charge in [0.25, 0.3) is 5.91 Å². The smallest absolute Gasteiger partial charge is 0.335 e. The van der Waals surface area contributed by atoms with Crippen LogP contribution >= 0.6 is 0 Å². The molecule has 0 aliphatic rings. The van der Waals surface area contributed by atoms with Gasteiger partial charge < -0.3 is 20.2 Å². The fraction of sp³-hybridized carbons (Fsp3) is 0.143. The number of carbonyl (C=O) groups is 2. The lowest BCUT2D eigenvalue weighted by Gasteiger charge is -2.22. The first-order valence-electron chi connectivity index (χ1n) is 6.01. The number of carboxylic acid groups (broad SMARTS) is 1. The van der Waals surface area contributed by atoms with E-state index < -0.39 is 5.97 Å². The van der Waals surface area contributed by atoms with Gasteiger partial charge in [-0.1, -0.05) is 0 Å². The first-order valence-corrected chi connectivity index (χ1v) is 6.01. The average Bonchev–Trinajstić information content (AvgIpc) is 2.94. The highest BCUT2D eigenvalue weighted by Gasteiger charge is 2.19. The third-order valence-electron chi connectivity index (χ3n) is 2.89. The molecule has 104 valence electrons. The van der Waals surface area contributed by atoms with E-state index in [-0.39, 0.29) is 17.2 Å². The molecule has 2 rings (SSSR count). The fourth-order valence-electron chi connectivity index (χ4n) is 1.90. The summed E-state index contributed by atoms with van der Waals surface area (Å²) < 4.78 is 4.89. The highest BCUT2D eigenvalue weighted by molar-refractivity contribution is 6.07. The first kappa shape index (κ1) is 13.7. The Hall–Kier alpha value is -2.76. The molecule has 0 bridgehead atoms. The third-order valence-corrected chi connectivity index (χ3v) is 2.89. The number of nitrogens with zero attached hydrogens (tertiary/aromatic N) is 1. The first-order chi connectivity index (χ1) is 9.54. The number of nitrogen functional groups attached to an aromatic ring is 1. The van der Waals surface area contributed by atoms with Gasteiger partial charge in [-0.2, -0.15) is 0 Å². The zero-order chi connectivity index (χ0) is 14.7. The number of carboxylic acids is 1. The van der Waals surface area contributed by atoms with Gasteiger partial charge in [0.1, 0.15) is 6.26 Å². The van der Waals surface area contributed by atoms with E-state index in [1.54, 1.807) is 6.07 Å². The van der Waals surface area contributed by atoms with Gasteiger partial charge >= 0.3 is 5.97 Å². The lowest BCUT2D eigenvalue weighted by molar-refractivity contribution is 0.0697. The number of anilines is 2. The maximum atomic E-state index is 12.3. The second-order valence-corrected chi connectivity index (χ2v) is 4.14. The monoisotopic (exact) mass is 274 g/mol. The zero-order valence-electron chi connectivity index (χ0n) is 10.9. The molecule has 0 atom stereocenters. The quantitative estimate of drug-likeness (QED) is 0.833. The van der Waals surface area contributed by atoms with Crippen molar-refractivity contribution < 1.29 is 19.1 Å². The molecule has 1 amide bonds. The van der Waals surface area contributed by atoms with E-state index in [1.165, 1.54) is 35.6 Å². The van der Waals surface area contributed by atoms with E-state index in [0.29, 0.717) is 17.8 Å². The number of rotatable bonds is 4. The molecule has 1 aromatic carbocycles. The van der Waals surface area contributed by atoms with Gasteiger partial charge in [0.15, 0.2) is 0 Å². The van der Waals surface area contributed by atoms with Crippen LogP contribution < -0.4 is 10.6 Å². The van der Waals surface area contributed by atoms with E-state index in [0.717, 1.165) is 0 Å². The number of hydrogen-bond donors (Lipinski definition) is 2. The SMILES string of the molecule is CCN(C(=O)c1ccoc1)c1ccc(C(=O)O)cc1N. The van der Waals surface area contributed by atoms with E-state index in [9.17, 15) is 9.59 Å². The summed E-state index contributed by atoms with van der Waals surface area (Å²) in [5.41, 5.74) is 7.05. The predicted octanol–water partition coefficient (Wildman–Crippen LogP) is 2.23. The third kappa shape index (κ3) is 2.49. The number of benzene rings is 1. The Labute approximate surface area is 115 Å². The van der Waals surface area contributed by atoms with Crippen LogP contribution in [0.15, 0.2) is 41.2 Å². The van der Waals surface area contributed by atoms with Crippen molar-refractivity contribution in [2.45, 2.75) is 6.92 Å². The van der Waals surface area contributed by atoms with Crippen LogP contribution in [0.1, 0.15) is 27.6 Å². The molecule has 0 aliphatic heterocycles. The minimum atomic E-state index is -1.06. The number of nitrogens with two attached hydrogens (primary N) is 1. The number of furan rings is 1. The predicted molar refractivity (Wildman–Crippen MR) is 73.9 cm³/mol. The zero-order valence-corrected chi connectivity index (χ0v) is 10.9. The Morgan fingerprint density at radius 1 is 1.30 bits per heavy atom. The van der Waals surface area contributed by atoms with E-state index in [2.05, 4.69) is 0 Å². The topological polar surface area (TPSA) is 96.8 Å². The summed E-state index contributed by atoms with van der Waals surface area (Å²) in [6.45, 7) is 2.21. The van der Waals surface area contributed by atoms with Gasteiger partial charge in [0, 0.05) is 6.54 Å². The van der Waals surface area contributed by atoms with Crippen molar-refractivity contribution in [2.24, 2.45) is 0 Å². The maximum Gasteiger partial charge on any atom is 0.335 e. The van der Waals surface area contributed by atoms with Crippen LogP contribution in [0, 0.1) is 0 Å². The molecule has 0 unspecified atom stereocenters. The Balaban J connectivity index is 2.37. The molecular weight excluding hydrogens is 260 g/mol. The summed E-state index contributed by atoms with van der Waals surface area (Å²) in [5, 5.41) is 8.91. The van der Waals surface area contributed by atoms with Gasteiger partial charge in [0.05, 0.1) is 28.8 Å². The van der Waals surface area contributed by atoms with E-state index in [1.807, 2.05) is 6.92 Å². The normalized spacial score (nSPS) is 10.2. The van der Waals surface area contributed by atoms with Crippen LogP contribution in [0.2, 0.25) is 0 Å². The van der Waals surface area contributed by atoms with E-state index in [4.69, 9.17) is 15.3 Å². The van der Waals surface area contributed by atoms with Crippen LogP contribution in [-0.4, -0.2) is 23.5 Å². The van der Waals surface area contributed by atoms with Crippen LogP contribution in [0.3, 0.4) is 0 Å². The van der Waals surface area contributed by atoms with Crippen molar-refractivity contribution in [3.05, 3.63) is 47.9 Å². The molecule has 0 fully saturated rings. The lowest BCUT2D eigenvalue weighted by atomic mass is 10.1. The Morgan fingerprint density at radius 2 is 2.05 bits per heavy atom. The maximum absolute atomic E-state index is 12.3. The summed E-state index contributed by atoms with van der Waals surface area (Å²) >= 11 is 0. The minimum Gasteiger partial charge on any atom is -0.478 e. The van der Waals surface area contributed by atoms with Crippen molar-refractivity contribution in [3.8, 4) is 0 Å². The molecule has 1 aromatic heterocycles. The standard InChI is InChI=1S/C14H14N2O4/c1-2-16(13(17)10-5-6-20-8-10)12-4-3-9(14(18)19)7-11(12)15/h3-8H,2,15H2,1H3,(H,18,19). The van der Waals surface area contributed by atoms with Crippen LogP contribution in [0.5, 0.6) is 0 Å². The van der Waals surface area contributed by atoms with Crippen LogP contribution in [0.25, 0.3) is 0 Å². The van der Waals surface area contributed by atoms with Crippen molar-refractivity contribution in [3.63, 3.8) is 0 Å². The average molecular weight is 274 g/mol. The Bertz CT molecular complexity index is 635. The van der Waals surface area contributed by atoms with E-state index >= 15 is 0 Å². The molecule has 0 spiro atoms. The molecule has 0 aliphatic carbocycles. The largest absolute Gasteiger partial charge is 0.478 e. The minimum absolute atomic E-state index is 0.0815. The molecule has 1 heterocycles. The number of amides is 1. The van der Waals surface area contributed by atoms with Crippen LogP contribution in [-0.2, 0) is 0 Å². The number of aromatic carboxylic acids is 1. The molecule has 3 N–H and O–H groups in total. The Kier molecular flexibility index (Phi) is 3.74. The molecular formula is C14H14N2O4. The number of carbonyl (C=O) groups excluding carboxylic acids is 1. The summed E-state index contributed by atoms with van der Waals surface area (Å²) in [7, 11) is 0. The molecule has 0 saturated heterocycles. The van der Waals surface area contributed by atoms with Crippen molar-refractivity contribution >= 4 is 23.3 Å². The fourth-order valence-corrected chi connectivity index (χ4v) is 1.90. The van der Waals surface area contributed by atoms with Gasteiger partial charge in [-0.15, -0.1) is 0 Å². The molecule has 0 saturated carbocycles. The summed E-state index contributed by atoms with van der Waals surface area (Å²) in [6, 6.07) is 5.84. The summed E-state index contributed by atoms with van der Waals surface area (Å²) in [5.74, 6) is -1.32. The molecule has 20 heavy (non-hydrogen) atoms. The lowest BCUT2D eigenvalue weighted by Crippen LogP contribution is -2.31. The van der Waals surface area contributed by atoms with Gasteiger partial charge in [0.2, 0.25) is 0 Å². The van der Waals surface area contributed by atoms with Crippen molar-refractivity contribution in [1.82, 2.24) is 0 Å².